The van der Waals surface area contributed by atoms with Gasteiger partial charge in [0.2, 0.25) is 5.88 Å². The van der Waals surface area contributed by atoms with Crippen LogP contribution >= 0.6 is 0 Å². The third kappa shape index (κ3) is 3.02. The van der Waals surface area contributed by atoms with Gasteiger partial charge in [-0.05, 0) is 39.5 Å². The van der Waals surface area contributed by atoms with Crippen molar-refractivity contribution < 1.29 is 5.11 Å². The molecule has 1 aromatic heterocycles. The lowest BCUT2D eigenvalue weighted by molar-refractivity contribution is 0.217. The van der Waals surface area contributed by atoms with Crippen LogP contribution in [0.5, 0.6) is 5.88 Å². The summed E-state index contributed by atoms with van der Waals surface area (Å²) < 4.78 is 0. The van der Waals surface area contributed by atoms with Crippen LogP contribution in [0.4, 0.5) is 0 Å². The molecule has 0 bridgehead atoms. The molecule has 20 heavy (non-hydrogen) atoms. The van der Waals surface area contributed by atoms with E-state index < -0.39 is 0 Å². The van der Waals surface area contributed by atoms with Crippen LogP contribution in [0.3, 0.4) is 0 Å². The highest BCUT2D eigenvalue weighted by Crippen LogP contribution is 2.24. The van der Waals surface area contributed by atoms with Crippen LogP contribution in [-0.4, -0.2) is 58.6 Å². The zero-order valence-corrected chi connectivity index (χ0v) is 12.7. The number of hydrogen-bond acceptors (Lipinski definition) is 5. The number of H-pyrrole nitrogens is 1. The average Bonchev–Trinajstić information content (AvgIpc) is 2.49. The van der Waals surface area contributed by atoms with Crippen LogP contribution < -0.4 is 5.56 Å². The zero-order valence-electron chi connectivity index (χ0n) is 12.7. The quantitative estimate of drug-likeness (QED) is 0.842. The standard InChI is InChI=1S/C14H24N4O2/c1-9(2)11-13(19)15-12(16-14(11)20)10-8-17(3)6-5-7-18(10)4/h9-10H,5-8H2,1-4H3,(H2,15,16,19,20). The van der Waals surface area contributed by atoms with E-state index >= 15 is 0 Å². The van der Waals surface area contributed by atoms with Crippen LogP contribution in [-0.2, 0) is 0 Å². The fourth-order valence-corrected chi connectivity index (χ4v) is 2.73. The van der Waals surface area contributed by atoms with E-state index in [4.69, 9.17) is 0 Å². The van der Waals surface area contributed by atoms with E-state index in [1.807, 2.05) is 20.9 Å². The Bertz CT molecular complexity index is 526. The molecule has 1 fully saturated rings. The summed E-state index contributed by atoms with van der Waals surface area (Å²) >= 11 is 0. The molecular weight excluding hydrogens is 256 g/mol. The van der Waals surface area contributed by atoms with E-state index in [0.717, 1.165) is 26.1 Å². The van der Waals surface area contributed by atoms with Gasteiger partial charge in [0.25, 0.3) is 5.56 Å². The van der Waals surface area contributed by atoms with E-state index in [0.29, 0.717) is 11.4 Å². The normalized spacial score (nSPS) is 22.1. The first-order chi connectivity index (χ1) is 9.40. The molecule has 1 aromatic rings. The highest BCUT2D eigenvalue weighted by Gasteiger charge is 2.26. The summed E-state index contributed by atoms with van der Waals surface area (Å²) in [6.45, 7) is 6.51. The van der Waals surface area contributed by atoms with E-state index in [2.05, 4.69) is 26.8 Å². The van der Waals surface area contributed by atoms with E-state index in [-0.39, 0.29) is 23.4 Å². The molecule has 6 nitrogen and oxygen atoms in total. The second-order valence-corrected chi connectivity index (χ2v) is 5.96. The number of aromatic nitrogens is 2. The molecule has 2 rings (SSSR count). The van der Waals surface area contributed by atoms with Crippen molar-refractivity contribution in [3.05, 3.63) is 21.7 Å². The summed E-state index contributed by atoms with van der Waals surface area (Å²) in [6, 6.07) is 0.00214. The third-order valence-corrected chi connectivity index (χ3v) is 3.91. The number of nitrogens with zero attached hydrogens (tertiary/aromatic N) is 3. The van der Waals surface area contributed by atoms with Gasteiger partial charge in [-0.3, -0.25) is 9.69 Å². The van der Waals surface area contributed by atoms with Gasteiger partial charge in [0.05, 0.1) is 11.6 Å². The molecule has 0 saturated carbocycles. The first kappa shape index (κ1) is 15.0. The molecule has 1 saturated heterocycles. The number of likely N-dealkylation sites (N-methyl/N-ethyl adjacent to an activating group) is 2. The summed E-state index contributed by atoms with van der Waals surface area (Å²) in [5, 5.41) is 10.0. The summed E-state index contributed by atoms with van der Waals surface area (Å²) in [4.78, 5) is 23.6. The number of nitrogens with one attached hydrogen (secondary N) is 1. The van der Waals surface area contributed by atoms with Gasteiger partial charge in [0, 0.05) is 6.54 Å². The molecule has 0 aliphatic carbocycles. The first-order valence-electron chi connectivity index (χ1n) is 7.12. The summed E-state index contributed by atoms with van der Waals surface area (Å²) in [7, 11) is 4.09. The van der Waals surface area contributed by atoms with Crippen molar-refractivity contribution in [1.82, 2.24) is 19.8 Å². The second-order valence-electron chi connectivity index (χ2n) is 5.96. The molecule has 0 radical (unpaired) electrons. The fraction of sp³-hybridized carbons (Fsp3) is 0.714. The SMILES string of the molecule is CC(C)c1c(O)nc(C2CN(C)CCCN2C)[nH]c1=O. The van der Waals surface area contributed by atoms with Gasteiger partial charge < -0.3 is 15.0 Å². The Hall–Kier alpha value is -1.40. The molecule has 6 heteroatoms. The molecule has 1 aliphatic rings. The van der Waals surface area contributed by atoms with Crippen molar-refractivity contribution in [2.45, 2.75) is 32.2 Å². The van der Waals surface area contributed by atoms with Crippen LogP contribution in [0.1, 0.15) is 43.6 Å². The third-order valence-electron chi connectivity index (χ3n) is 3.91. The molecule has 2 N–H and O–H groups in total. The highest BCUT2D eigenvalue weighted by atomic mass is 16.3. The molecular formula is C14H24N4O2. The Labute approximate surface area is 119 Å². The molecule has 1 atom stereocenters. The minimum absolute atomic E-state index is 0.00214. The van der Waals surface area contributed by atoms with Crippen molar-refractivity contribution in [1.29, 1.82) is 0 Å². The Balaban J connectivity index is 2.39. The number of rotatable bonds is 2. The van der Waals surface area contributed by atoms with Gasteiger partial charge in [0.15, 0.2) is 0 Å². The smallest absolute Gasteiger partial charge is 0.258 e. The van der Waals surface area contributed by atoms with Crippen molar-refractivity contribution in [2.24, 2.45) is 0 Å². The van der Waals surface area contributed by atoms with E-state index in [9.17, 15) is 9.90 Å². The summed E-state index contributed by atoms with van der Waals surface area (Å²) in [5.41, 5.74) is 0.126. The predicted molar refractivity (Wildman–Crippen MR) is 78.1 cm³/mol. The molecule has 0 aromatic carbocycles. The molecule has 112 valence electrons. The average molecular weight is 280 g/mol. The predicted octanol–water partition coefficient (Wildman–Crippen LogP) is 0.907. The first-order valence-corrected chi connectivity index (χ1v) is 7.12. The summed E-state index contributed by atoms with van der Waals surface area (Å²) in [6.07, 6.45) is 1.09. The maximum absolute atomic E-state index is 12.1. The Morgan fingerprint density at radius 2 is 2.05 bits per heavy atom. The molecule has 0 amide bonds. The monoisotopic (exact) mass is 280 g/mol. The molecule has 1 aliphatic heterocycles. The second kappa shape index (κ2) is 5.93. The largest absolute Gasteiger partial charge is 0.493 e. The topological polar surface area (TPSA) is 72.5 Å². The van der Waals surface area contributed by atoms with Crippen LogP contribution in [0.25, 0.3) is 0 Å². The minimum atomic E-state index is -0.234. The van der Waals surface area contributed by atoms with Gasteiger partial charge in [0.1, 0.15) is 5.82 Å². The zero-order chi connectivity index (χ0) is 14.9. The minimum Gasteiger partial charge on any atom is -0.493 e. The van der Waals surface area contributed by atoms with E-state index in [1.165, 1.54) is 0 Å². The van der Waals surface area contributed by atoms with Crippen molar-refractivity contribution in [3.63, 3.8) is 0 Å². The van der Waals surface area contributed by atoms with Gasteiger partial charge >= 0.3 is 0 Å². The van der Waals surface area contributed by atoms with Gasteiger partial charge in [-0.15, -0.1) is 0 Å². The van der Waals surface area contributed by atoms with Gasteiger partial charge in [-0.2, -0.15) is 4.98 Å². The van der Waals surface area contributed by atoms with Crippen LogP contribution in [0.2, 0.25) is 0 Å². The van der Waals surface area contributed by atoms with Crippen molar-refractivity contribution in [3.8, 4) is 5.88 Å². The highest BCUT2D eigenvalue weighted by molar-refractivity contribution is 5.26. The maximum atomic E-state index is 12.1. The fourth-order valence-electron chi connectivity index (χ4n) is 2.73. The Kier molecular flexibility index (Phi) is 4.45. The Morgan fingerprint density at radius 3 is 2.65 bits per heavy atom. The van der Waals surface area contributed by atoms with E-state index in [1.54, 1.807) is 0 Å². The van der Waals surface area contributed by atoms with Gasteiger partial charge in [-0.25, -0.2) is 0 Å². The molecule has 0 spiro atoms. The maximum Gasteiger partial charge on any atom is 0.258 e. The van der Waals surface area contributed by atoms with Gasteiger partial charge in [-0.1, -0.05) is 13.8 Å². The number of aromatic hydroxyl groups is 1. The van der Waals surface area contributed by atoms with Crippen LogP contribution in [0.15, 0.2) is 4.79 Å². The summed E-state index contributed by atoms with van der Waals surface area (Å²) in [5.74, 6) is 0.363. The molecule has 1 unspecified atom stereocenters. The number of aromatic amines is 1. The molecule has 2 heterocycles. The lowest BCUT2D eigenvalue weighted by atomic mass is 10.1. The van der Waals surface area contributed by atoms with Crippen LogP contribution in [0, 0.1) is 0 Å². The van der Waals surface area contributed by atoms with Crippen molar-refractivity contribution in [2.75, 3.05) is 33.7 Å². The lowest BCUT2D eigenvalue weighted by Gasteiger charge is -2.26. The van der Waals surface area contributed by atoms with Crippen molar-refractivity contribution >= 4 is 0 Å². The Morgan fingerprint density at radius 1 is 1.35 bits per heavy atom. The lowest BCUT2D eigenvalue weighted by Crippen LogP contribution is -2.33. The number of hydrogen-bond donors (Lipinski definition) is 2.